The topological polar surface area (TPSA) is 43.6 Å². The Morgan fingerprint density at radius 1 is 0.275 bits per heavy atom. The summed E-state index contributed by atoms with van der Waals surface area (Å²) in [6, 6.07) is 82.9. The summed E-state index contributed by atoms with van der Waals surface area (Å²) in [6.07, 6.45) is 0. The Kier molecular flexibility index (Phi) is 9.22. The van der Waals surface area contributed by atoms with Gasteiger partial charge < -0.3 is 4.57 Å². The molecule has 0 aliphatic carbocycles. The summed E-state index contributed by atoms with van der Waals surface area (Å²) in [5, 5.41) is 7.27. The predicted molar refractivity (Wildman–Crippen MR) is 293 cm³/mol. The van der Waals surface area contributed by atoms with Crippen molar-refractivity contribution >= 4 is 84.8 Å². The summed E-state index contributed by atoms with van der Waals surface area (Å²) in [7, 11) is 0. The van der Waals surface area contributed by atoms with E-state index in [2.05, 4.69) is 235 Å². The summed E-state index contributed by atoms with van der Waals surface area (Å²) < 4.78 is 7.36. The van der Waals surface area contributed by atoms with Gasteiger partial charge in [-0.1, -0.05) is 164 Å². The number of aromatic nitrogens is 4. The first-order valence-electron chi connectivity index (χ1n) is 23.2. The van der Waals surface area contributed by atoms with Crippen LogP contribution in [0.5, 0.6) is 0 Å². The second kappa shape index (κ2) is 16.1. The van der Waals surface area contributed by atoms with Crippen molar-refractivity contribution in [2.24, 2.45) is 0 Å². The van der Waals surface area contributed by atoms with Crippen molar-refractivity contribution < 1.29 is 0 Å². The Bertz CT molecular complexity index is 4210. The van der Waals surface area contributed by atoms with E-state index in [9.17, 15) is 0 Å². The first-order valence-corrected chi connectivity index (χ1v) is 24.8. The van der Waals surface area contributed by atoms with Gasteiger partial charge in [-0.15, -0.1) is 22.7 Å². The summed E-state index contributed by atoms with van der Waals surface area (Å²) >= 11 is 3.61. The van der Waals surface area contributed by atoms with Gasteiger partial charge in [-0.25, -0.2) is 15.0 Å². The highest BCUT2D eigenvalue weighted by atomic mass is 32.1. The molecule has 0 fully saturated rings. The lowest BCUT2D eigenvalue weighted by Gasteiger charge is -2.16. The second-order valence-electron chi connectivity index (χ2n) is 17.5. The van der Waals surface area contributed by atoms with Crippen LogP contribution in [0.1, 0.15) is 0 Å². The fourth-order valence-corrected chi connectivity index (χ4v) is 12.5. The lowest BCUT2D eigenvalue weighted by molar-refractivity contribution is 1.08. The molecule has 0 saturated heterocycles. The van der Waals surface area contributed by atoms with E-state index >= 15 is 0 Å². The molecule has 0 aliphatic rings. The van der Waals surface area contributed by atoms with E-state index in [0.717, 1.165) is 44.5 Å². The van der Waals surface area contributed by atoms with E-state index in [1.165, 1.54) is 73.4 Å². The Balaban J connectivity index is 1.00. The Hall–Kier alpha value is -8.55. The summed E-state index contributed by atoms with van der Waals surface area (Å²) in [5.74, 6) is 1.91. The van der Waals surface area contributed by atoms with Gasteiger partial charge in [0.1, 0.15) is 0 Å². The first-order chi connectivity index (χ1) is 34.2. The third kappa shape index (κ3) is 6.68. The molecule has 0 spiro atoms. The minimum atomic E-state index is 0.619. The molecule has 6 heteroatoms. The van der Waals surface area contributed by atoms with Gasteiger partial charge in [0.2, 0.25) is 0 Å². The molecular weight excluding hydrogens is 877 g/mol. The molecule has 0 N–H and O–H groups in total. The van der Waals surface area contributed by atoms with Crippen LogP contribution in [-0.2, 0) is 0 Å². The van der Waals surface area contributed by atoms with Crippen molar-refractivity contribution in [1.82, 2.24) is 19.5 Å². The Morgan fingerprint density at radius 3 is 1.43 bits per heavy atom. The van der Waals surface area contributed by atoms with Gasteiger partial charge in [0.05, 0.1) is 16.7 Å². The Morgan fingerprint density at radius 2 is 0.768 bits per heavy atom. The average Bonchev–Trinajstić information content (AvgIpc) is 4.10. The normalized spacial score (nSPS) is 11.8. The van der Waals surface area contributed by atoms with Crippen LogP contribution in [0.2, 0.25) is 0 Å². The van der Waals surface area contributed by atoms with Crippen LogP contribution in [0.4, 0.5) is 0 Å². The Labute approximate surface area is 405 Å². The number of hydrogen-bond donors (Lipinski definition) is 0. The fraction of sp³-hybridized carbons (Fsp3) is 0. The number of thiophene rings is 2. The second-order valence-corrected chi connectivity index (χ2v) is 19.7. The minimum absolute atomic E-state index is 0.619. The zero-order valence-corrected chi connectivity index (χ0v) is 38.7. The van der Waals surface area contributed by atoms with Gasteiger partial charge in [0, 0.05) is 73.4 Å². The molecule has 0 amide bonds. The van der Waals surface area contributed by atoms with Crippen molar-refractivity contribution in [3.63, 3.8) is 0 Å². The van der Waals surface area contributed by atoms with Crippen molar-refractivity contribution in [1.29, 1.82) is 0 Å². The number of hydrogen-bond acceptors (Lipinski definition) is 5. The molecule has 0 radical (unpaired) electrons. The van der Waals surface area contributed by atoms with Crippen LogP contribution in [0.15, 0.2) is 231 Å². The molecule has 0 bridgehead atoms. The molecule has 0 saturated carbocycles. The maximum Gasteiger partial charge on any atom is 0.164 e. The van der Waals surface area contributed by atoms with Gasteiger partial charge in [-0.05, 0) is 94.5 Å². The third-order valence-corrected chi connectivity index (χ3v) is 15.7. The van der Waals surface area contributed by atoms with Crippen LogP contribution in [0.25, 0.3) is 135 Å². The number of rotatable bonds is 7. The quantitative estimate of drug-likeness (QED) is 0.160. The monoisotopic (exact) mass is 914 g/mol. The molecule has 322 valence electrons. The maximum absolute atomic E-state index is 5.42. The van der Waals surface area contributed by atoms with Gasteiger partial charge >= 0.3 is 0 Å². The maximum atomic E-state index is 5.42. The average molecular weight is 915 g/mol. The highest BCUT2D eigenvalue weighted by Gasteiger charge is 2.22. The van der Waals surface area contributed by atoms with Crippen molar-refractivity contribution in [2.75, 3.05) is 0 Å². The van der Waals surface area contributed by atoms with Gasteiger partial charge in [-0.3, -0.25) is 0 Å². The van der Waals surface area contributed by atoms with Crippen LogP contribution in [0, 0.1) is 0 Å². The predicted octanol–water partition coefficient (Wildman–Crippen LogP) is 17.7. The number of fused-ring (bicyclic) bond motifs is 9. The number of nitrogens with zero attached hydrogens (tertiary/aromatic N) is 4. The van der Waals surface area contributed by atoms with Gasteiger partial charge in [0.25, 0.3) is 0 Å². The molecule has 0 aliphatic heterocycles. The smallest absolute Gasteiger partial charge is 0.164 e. The van der Waals surface area contributed by atoms with E-state index in [4.69, 9.17) is 15.0 Å². The lowest BCUT2D eigenvalue weighted by Crippen LogP contribution is -2.02. The zero-order chi connectivity index (χ0) is 45.4. The minimum Gasteiger partial charge on any atom is -0.309 e. The largest absolute Gasteiger partial charge is 0.309 e. The van der Waals surface area contributed by atoms with E-state index in [1.807, 2.05) is 0 Å². The fourth-order valence-electron chi connectivity index (χ4n) is 10.2. The number of benzene rings is 10. The molecule has 0 unspecified atom stereocenters. The molecule has 69 heavy (non-hydrogen) atoms. The van der Waals surface area contributed by atoms with Crippen LogP contribution in [0.3, 0.4) is 0 Å². The molecule has 14 aromatic rings. The van der Waals surface area contributed by atoms with Crippen molar-refractivity contribution in [2.45, 2.75) is 0 Å². The van der Waals surface area contributed by atoms with Crippen LogP contribution >= 0.6 is 22.7 Å². The van der Waals surface area contributed by atoms with E-state index in [-0.39, 0.29) is 0 Å². The molecule has 4 nitrogen and oxygen atoms in total. The zero-order valence-electron chi connectivity index (χ0n) is 37.0. The van der Waals surface area contributed by atoms with Crippen LogP contribution in [-0.4, -0.2) is 19.5 Å². The van der Waals surface area contributed by atoms with Crippen molar-refractivity contribution in [3.8, 4) is 73.2 Å². The first kappa shape index (κ1) is 39.6. The van der Waals surface area contributed by atoms with Gasteiger partial charge in [0.15, 0.2) is 17.5 Å². The summed E-state index contributed by atoms with van der Waals surface area (Å²) in [5.41, 5.74) is 13.1. The molecule has 4 aromatic heterocycles. The van der Waals surface area contributed by atoms with Gasteiger partial charge in [-0.2, -0.15) is 0 Å². The highest BCUT2D eigenvalue weighted by molar-refractivity contribution is 7.26. The molecular formula is C63H38N4S2. The molecule has 10 aromatic carbocycles. The van der Waals surface area contributed by atoms with E-state index in [1.54, 1.807) is 22.7 Å². The van der Waals surface area contributed by atoms with Crippen LogP contribution < -0.4 is 0 Å². The van der Waals surface area contributed by atoms with E-state index < -0.39 is 0 Å². The molecule has 14 rings (SSSR count). The SMILES string of the molecule is c1ccc(-c2ccc3c(c2)c2cc(-c4ccccc4)ccc2n3-c2ccc(-c3nc(-c4ccc5c(c4)sc4ccccc45)nc(-c4cccc5sc6ccccc6c45)n3)cc2-c2ccccc2)cc1. The summed E-state index contributed by atoms with van der Waals surface area (Å²) in [6.45, 7) is 0. The standard InChI is InChI=1S/C63H38N4S2/c1-4-15-39(16-5-1)42-28-32-54-51(35-42)52-36-43(40-17-6-2-7-18-40)29-33-55(52)67(54)53-34-30-44(37-50(53)41-19-8-3-9-20-41)61-64-62(45-27-31-47-46-21-10-12-24-56(46)69-59(47)38-45)66-63(65-61)49-23-14-26-58-60(49)48-22-11-13-25-57(48)68-58/h1-38H. The molecule has 0 atom stereocenters. The highest BCUT2D eigenvalue weighted by Crippen LogP contribution is 2.43. The lowest BCUT2D eigenvalue weighted by atomic mass is 9.99. The summed E-state index contributed by atoms with van der Waals surface area (Å²) in [4.78, 5) is 16.1. The van der Waals surface area contributed by atoms with E-state index in [0.29, 0.717) is 17.5 Å². The van der Waals surface area contributed by atoms with Crippen molar-refractivity contribution in [3.05, 3.63) is 231 Å². The third-order valence-electron chi connectivity index (χ3n) is 13.5. The molecule has 4 heterocycles.